The van der Waals surface area contributed by atoms with Crippen LogP contribution in [0.25, 0.3) is 0 Å². The average molecular weight is 369 g/mol. The minimum absolute atomic E-state index is 0.188. The largest absolute Gasteiger partial charge is 0.466 e. The van der Waals surface area contributed by atoms with Crippen LogP contribution in [0.3, 0.4) is 0 Å². The van der Waals surface area contributed by atoms with Crippen LogP contribution in [0, 0.1) is 6.92 Å². The molecule has 0 amide bonds. The van der Waals surface area contributed by atoms with Gasteiger partial charge in [0, 0.05) is 17.9 Å². The van der Waals surface area contributed by atoms with Gasteiger partial charge in [0.2, 0.25) is 0 Å². The van der Waals surface area contributed by atoms with Crippen molar-refractivity contribution >= 4 is 23.5 Å². The van der Waals surface area contributed by atoms with Gasteiger partial charge < -0.3 is 9.47 Å². The minimum Gasteiger partial charge on any atom is -0.466 e. The molecule has 0 spiro atoms. The summed E-state index contributed by atoms with van der Waals surface area (Å²) in [6, 6.07) is 5.07. The van der Waals surface area contributed by atoms with Crippen LogP contribution in [0.5, 0.6) is 5.75 Å². The molecule has 1 aromatic rings. The van der Waals surface area contributed by atoms with Gasteiger partial charge in [0.05, 0.1) is 6.61 Å². The maximum atomic E-state index is 11.8. The van der Waals surface area contributed by atoms with Gasteiger partial charge in [0.25, 0.3) is 0 Å². The number of carbonyl (C=O) groups is 2. The summed E-state index contributed by atoms with van der Waals surface area (Å²) in [7, 11) is 0. The molecule has 4 nitrogen and oxygen atoms in total. The minimum atomic E-state index is -0.356. The maximum Gasteiger partial charge on any atom is 0.311 e. The molecule has 0 unspecified atom stereocenters. The standard InChI is InChI=1S/C20H29ClO4/c1-3-4-5-6-7-8-14-24-19(22)10-9-11-20(23)25-17-12-13-18(21)16(2)15-17/h12-13,15H,3-11,14H2,1-2H3. The number of hydrogen-bond acceptors (Lipinski definition) is 4. The average Bonchev–Trinajstić information content (AvgIpc) is 2.57. The fourth-order valence-corrected chi connectivity index (χ4v) is 2.50. The lowest BCUT2D eigenvalue weighted by molar-refractivity contribution is -0.144. The molecule has 5 heteroatoms. The summed E-state index contributed by atoms with van der Waals surface area (Å²) in [5.74, 6) is -0.133. The van der Waals surface area contributed by atoms with Gasteiger partial charge in [-0.1, -0.05) is 50.6 Å². The van der Waals surface area contributed by atoms with Crippen molar-refractivity contribution in [2.75, 3.05) is 6.61 Å². The molecule has 0 radical (unpaired) electrons. The van der Waals surface area contributed by atoms with E-state index in [2.05, 4.69) is 6.92 Å². The molecule has 0 N–H and O–H groups in total. The highest BCUT2D eigenvalue weighted by Crippen LogP contribution is 2.21. The molecule has 0 atom stereocenters. The predicted octanol–water partition coefficient (Wildman–Crippen LogP) is 5.63. The number of unbranched alkanes of at least 4 members (excludes halogenated alkanes) is 5. The van der Waals surface area contributed by atoms with Gasteiger partial charge in [-0.15, -0.1) is 0 Å². The van der Waals surface area contributed by atoms with Gasteiger partial charge in [0.15, 0.2) is 0 Å². The van der Waals surface area contributed by atoms with E-state index in [4.69, 9.17) is 21.1 Å². The smallest absolute Gasteiger partial charge is 0.311 e. The van der Waals surface area contributed by atoms with Crippen molar-refractivity contribution < 1.29 is 19.1 Å². The number of esters is 2. The summed E-state index contributed by atoms with van der Waals surface area (Å²) in [5, 5.41) is 0.632. The number of ether oxygens (including phenoxy) is 2. The summed E-state index contributed by atoms with van der Waals surface area (Å²) >= 11 is 5.93. The molecule has 0 aliphatic heterocycles. The van der Waals surface area contributed by atoms with E-state index in [-0.39, 0.29) is 24.8 Å². The Bertz CT molecular complexity index is 542. The number of hydrogen-bond donors (Lipinski definition) is 0. The third-order valence-corrected chi connectivity index (χ3v) is 4.31. The normalized spacial score (nSPS) is 10.5. The third-order valence-electron chi connectivity index (χ3n) is 3.88. The number of rotatable bonds is 12. The highest BCUT2D eigenvalue weighted by Gasteiger charge is 2.09. The van der Waals surface area contributed by atoms with Crippen LogP contribution in [0.2, 0.25) is 5.02 Å². The van der Waals surface area contributed by atoms with E-state index < -0.39 is 0 Å². The molecular weight excluding hydrogens is 340 g/mol. The number of carbonyl (C=O) groups excluding carboxylic acids is 2. The van der Waals surface area contributed by atoms with Crippen LogP contribution in [-0.4, -0.2) is 18.5 Å². The summed E-state index contributed by atoms with van der Waals surface area (Å²) < 4.78 is 10.4. The van der Waals surface area contributed by atoms with Crippen LogP contribution in [0.4, 0.5) is 0 Å². The molecule has 0 aliphatic rings. The van der Waals surface area contributed by atoms with E-state index in [1.165, 1.54) is 25.7 Å². The zero-order chi connectivity index (χ0) is 18.5. The summed E-state index contributed by atoms with van der Waals surface area (Å²) in [6.45, 7) is 4.51. The lowest BCUT2D eigenvalue weighted by Crippen LogP contribution is -2.10. The number of benzene rings is 1. The third kappa shape index (κ3) is 10.1. The topological polar surface area (TPSA) is 52.6 Å². The SMILES string of the molecule is CCCCCCCCOC(=O)CCCC(=O)Oc1ccc(Cl)c(C)c1. The molecule has 0 saturated carbocycles. The van der Waals surface area contributed by atoms with Crippen LogP contribution in [-0.2, 0) is 14.3 Å². The molecular formula is C20H29ClO4. The monoisotopic (exact) mass is 368 g/mol. The highest BCUT2D eigenvalue weighted by atomic mass is 35.5. The molecule has 0 bridgehead atoms. The zero-order valence-electron chi connectivity index (χ0n) is 15.3. The van der Waals surface area contributed by atoms with E-state index in [0.717, 1.165) is 18.4 Å². The first-order valence-corrected chi connectivity index (χ1v) is 9.53. The Morgan fingerprint density at radius 2 is 1.64 bits per heavy atom. The second-order valence-electron chi connectivity index (χ2n) is 6.23. The van der Waals surface area contributed by atoms with E-state index >= 15 is 0 Å². The number of aryl methyl sites for hydroxylation is 1. The predicted molar refractivity (Wildman–Crippen MR) is 100 cm³/mol. The lowest BCUT2D eigenvalue weighted by atomic mass is 10.1. The Balaban J connectivity index is 2.08. The molecule has 0 fully saturated rings. The molecule has 25 heavy (non-hydrogen) atoms. The molecule has 1 rings (SSSR count). The van der Waals surface area contributed by atoms with Gasteiger partial charge in [0.1, 0.15) is 5.75 Å². The van der Waals surface area contributed by atoms with Gasteiger partial charge in [-0.05, 0) is 43.5 Å². The first-order valence-electron chi connectivity index (χ1n) is 9.15. The van der Waals surface area contributed by atoms with Gasteiger partial charge >= 0.3 is 11.9 Å². The number of halogens is 1. The van der Waals surface area contributed by atoms with Crippen molar-refractivity contribution in [3.05, 3.63) is 28.8 Å². The second kappa shape index (κ2) is 12.8. The summed E-state index contributed by atoms with van der Waals surface area (Å²) in [4.78, 5) is 23.4. The molecule has 0 heterocycles. The Hall–Kier alpha value is -1.55. The van der Waals surface area contributed by atoms with E-state index in [1.807, 2.05) is 6.92 Å². The van der Waals surface area contributed by atoms with Crippen molar-refractivity contribution in [1.82, 2.24) is 0 Å². The summed E-state index contributed by atoms with van der Waals surface area (Å²) in [6.07, 6.45) is 7.81. The van der Waals surface area contributed by atoms with Gasteiger partial charge in [-0.3, -0.25) is 9.59 Å². The lowest BCUT2D eigenvalue weighted by Gasteiger charge is -2.07. The molecule has 0 saturated heterocycles. The Morgan fingerprint density at radius 3 is 2.36 bits per heavy atom. The van der Waals surface area contributed by atoms with E-state index in [0.29, 0.717) is 23.8 Å². The summed E-state index contributed by atoms with van der Waals surface area (Å²) in [5.41, 5.74) is 0.852. The highest BCUT2D eigenvalue weighted by molar-refractivity contribution is 6.31. The first-order chi connectivity index (χ1) is 12.0. The van der Waals surface area contributed by atoms with Gasteiger partial charge in [-0.2, -0.15) is 0 Å². The van der Waals surface area contributed by atoms with E-state index in [1.54, 1.807) is 18.2 Å². The Kier molecular flexibility index (Phi) is 11.0. The maximum absolute atomic E-state index is 11.8. The Morgan fingerprint density at radius 1 is 0.960 bits per heavy atom. The van der Waals surface area contributed by atoms with Crippen LogP contribution >= 0.6 is 11.6 Å². The Labute approximate surface area is 155 Å². The van der Waals surface area contributed by atoms with Gasteiger partial charge in [-0.25, -0.2) is 0 Å². The second-order valence-corrected chi connectivity index (χ2v) is 6.63. The zero-order valence-corrected chi connectivity index (χ0v) is 16.1. The van der Waals surface area contributed by atoms with Crippen LogP contribution < -0.4 is 4.74 Å². The van der Waals surface area contributed by atoms with Crippen molar-refractivity contribution in [3.8, 4) is 5.75 Å². The fraction of sp³-hybridized carbons (Fsp3) is 0.600. The fourth-order valence-electron chi connectivity index (χ4n) is 2.38. The van der Waals surface area contributed by atoms with Crippen LogP contribution in [0.15, 0.2) is 18.2 Å². The van der Waals surface area contributed by atoms with Crippen molar-refractivity contribution in [2.45, 2.75) is 71.6 Å². The van der Waals surface area contributed by atoms with Crippen molar-refractivity contribution in [1.29, 1.82) is 0 Å². The quantitative estimate of drug-likeness (QED) is 0.272. The van der Waals surface area contributed by atoms with E-state index in [9.17, 15) is 9.59 Å². The molecule has 140 valence electrons. The first kappa shape index (κ1) is 21.5. The molecule has 0 aliphatic carbocycles. The molecule has 1 aromatic carbocycles. The van der Waals surface area contributed by atoms with Crippen LogP contribution in [0.1, 0.15) is 70.3 Å². The molecule has 0 aromatic heterocycles. The van der Waals surface area contributed by atoms with Crippen molar-refractivity contribution in [2.24, 2.45) is 0 Å². The van der Waals surface area contributed by atoms with Crippen molar-refractivity contribution in [3.63, 3.8) is 0 Å².